The monoisotopic (exact) mass is 276 g/mol. The lowest BCUT2D eigenvalue weighted by Crippen LogP contribution is -2.40. The maximum atomic E-state index is 12.3. The molecule has 0 aromatic carbocycles. The summed E-state index contributed by atoms with van der Waals surface area (Å²) in [6.07, 6.45) is 6.44. The second kappa shape index (κ2) is 6.50. The fraction of sp³-hybridized carbons (Fsp3) is 0.533. The number of amides is 1. The smallest absolute Gasteiger partial charge is 0.307 e. The van der Waals surface area contributed by atoms with Gasteiger partial charge in [-0.15, -0.1) is 0 Å². The van der Waals surface area contributed by atoms with Crippen molar-refractivity contribution in [2.45, 2.75) is 38.6 Å². The van der Waals surface area contributed by atoms with Gasteiger partial charge in [-0.25, -0.2) is 0 Å². The molecule has 108 valence electrons. The molecule has 0 aliphatic heterocycles. The molecule has 1 aromatic heterocycles. The molecule has 1 heterocycles. The highest BCUT2D eigenvalue weighted by Gasteiger charge is 2.36. The summed E-state index contributed by atoms with van der Waals surface area (Å²) in [7, 11) is 0. The van der Waals surface area contributed by atoms with E-state index in [9.17, 15) is 14.7 Å². The van der Waals surface area contributed by atoms with Gasteiger partial charge in [0, 0.05) is 12.4 Å². The van der Waals surface area contributed by atoms with Crippen molar-refractivity contribution in [1.82, 2.24) is 10.3 Å². The predicted octanol–water partition coefficient (Wildman–Crippen LogP) is 2.15. The maximum Gasteiger partial charge on any atom is 0.307 e. The molecule has 0 bridgehead atoms. The van der Waals surface area contributed by atoms with E-state index in [1.165, 1.54) is 0 Å². The van der Waals surface area contributed by atoms with Crippen LogP contribution in [0.1, 0.15) is 44.2 Å². The van der Waals surface area contributed by atoms with Crippen LogP contribution < -0.4 is 5.32 Å². The van der Waals surface area contributed by atoms with Crippen LogP contribution in [0.2, 0.25) is 0 Å². The minimum absolute atomic E-state index is 0.159. The Labute approximate surface area is 118 Å². The Kier molecular flexibility index (Phi) is 4.71. The highest BCUT2D eigenvalue weighted by molar-refractivity contribution is 5.85. The maximum absolute atomic E-state index is 12.3. The Hall–Kier alpha value is -1.91. The first-order chi connectivity index (χ1) is 9.59. The van der Waals surface area contributed by atoms with Gasteiger partial charge in [0.25, 0.3) is 0 Å². The number of carboxylic acid groups (broad SMARTS) is 1. The SMILES string of the molecule is CC(NC(=O)C1CCCCC1C(=O)O)c1cccnc1. The summed E-state index contributed by atoms with van der Waals surface area (Å²) in [4.78, 5) is 27.6. The van der Waals surface area contributed by atoms with E-state index < -0.39 is 17.8 Å². The van der Waals surface area contributed by atoms with Gasteiger partial charge in [0.1, 0.15) is 0 Å². The van der Waals surface area contributed by atoms with Crippen LogP contribution in [0.15, 0.2) is 24.5 Å². The fourth-order valence-corrected chi connectivity index (χ4v) is 2.78. The van der Waals surface area contributed by atoms with Crippen LogP contribution in [-0.4, -0.2) is 22.0 Å². The Bertz CT molecular complexity index is 475. The summed E-state index contributed by atoms with van der Waals surface area (Å²) < 4.78 is 0. The fourth-order valence-electron chi connectivity index (χ4n) is 2.78. The van der Waals surface area contributed by atoms with Crippen LogP contribution in [0.3, 0.4) is 0 Å². The standard InChI is InChI=1S/C15H20N2O3/c1-10(11-5-4-8-16-9-11)17-14(18)12-6-2-3-7-13(12)15(19)20/h4-5,8-10,12-13H,2-3,6-7H2,1H3,(H,17,18)(H,19,20). The average molecular weight is 276 g/mol. The molecule has 1 aromatic rings. The van der Waals surface area contributed by atoms with Crippen molar-refractivity contribution in [1.29, 1.82) is 0 Å². The molecule has 3 unspecified atom stereocenters. The number of pyridine rings is 1. The van der Waals surface area contributed by atoms with Crippen molar-refractivity contribution in [2.75, 3.05) is 0 Å². The number of carbonyl (C=O) groups is 2. The molecule has 1 fully saturated rings. The molecular formula is C15H20N2O3. The average Bonchev–Trinajstić information content (AvgIpc) is 2.48. The summed E-state index contributed by atoms with van der Waals surface area (Å²) in [6.45, 7) is 1.88. The summed E-state index contributed by atoms with van der Waals surface area (Å²) in [5, 5.41) is 12.1. The van der Waals surface area contributed by atoms with E-state index in [1.54, 1.807) is 12.4 Å². The van der Waals surface area contributed by atoms with E-state index in [4.69, 9.17) is 0 Å². The molecule has 0 spiro atoms. The summed E-state index contributed by atoms with van der Waals surface area (Å²) in [6, 6.07) is 3.55. The number of carbonyl (C=O) groups excluding carboxylic acids is 1. The molecule has 1 aliphatic rings. The normalized spacial score (nSPS) is 23.9. The first-order valence-electron chi connectivity index (χ1n) is 7.02. The van der Waals surface area contributed by atoms with Crippen LogP contribution >= 0.6 is 0 Å². The lowest BCUT2D eigenvalue weighted by molar-refractivity contribution is -0.149. The highest BCUT2D eigenvalue weighted by atomic mass is 16.4. The van der Waals surface area contributed by atoms with E-state index >= 15 is 0 Å². The summed E-state index contributed by atoms with van der Waals surface area (Å²) in [5.74, 6) is -1.99. The van der Waals surface area contributed by atoms with Gasteiger partial charge in [0.05, 0.1) is 17.9 Å². The molecule has 5 heteroatoms. The van der Waals surface area contributed by atoms with E-state index in [1.807, 2.05) is 19.1 Å². The zero-order chi connectivity index (χ0) is 14.5. The predicted molar refractivity (Wildman–Crippen MR) is 73.9 cm³/mol. The Morgan fingerprint density at radius 2 is 2.05 bits per heavy atom. The highest BCUT2D eigenvalue weighted by Crippen LogP contribution is 2.31. The van der Waals surface area contributed by atoms with Crippen LogP contribution in [0, 0.1) is 11.8 Å². The first kappa shape index (κ1) is 14.5. The number of hydrogen-bond donors (Lipinski definition) is 2. The molecule has 20 heavy (non-hydrogen) atoms. The lowest BCUT2D eigenvalue weighted by atomic mass is 9.78. The summed E-state index contributed by atoms with van der Waals surface area (Å²) in [5.41, 5.74) is 0.920. The zero-order valence-corrected chi connectivity index (χ0v) is 11.6. The second-order valence-electron chi connectivity index (χ2n) is 5.35. The third-order valence-electron chi connectivity index (χ3n) is 3.96. The lowest BCUT2D eigenvalue weighted by Gasteiger charge is -2.28. The van der Waals surface area contributed by atoms with Gasteiger partial charge in [-0.2, -0.15) is 0 Å². The summed E-state index contributed by atoms with van der Waals surface area (Å²) >= 11 is 0. The number of aromatic nitrogens is 1. The molecular weight excluding hydrogens is 256 g/mol. The van der Waals surface area contributed by atoms with Crippen molar-refractivity contribution < 1.29 is 14.7 Å². The molecule has 0 radical (unpaired) electrons. The number of aliphatic carboxylic acids is 1. The number of hydrogen-bond acceptors (Lipinski definition) is 3. The van der Waals surface area contributed by atoms with Gasteiger partial charge in [-0.05, 0) is 31.4 Å². The topological polar surface area (TPSA) is 79.3 Å². The van der Waals surface area contributed by atoms with E-state index in [0.717, 1.165) is 18.4 Å². The molecule has 1 aliphatic carbocycles. The minimum Gasteiger partial charge on any atom is -0.481 e. The number of nitrogens with zero attached hydrogens (tertiary/aromatic N) is 1. The Morgan fingerprint density at radius 1 is 1.35 bits per heavy atom. The Morgan fingerprint density at radius 3 is 2.65 bits per heavy atom. The van der Waals surface area contributed by atoms with Crippen LogP contribution in [0.5, 0.6) is 0 Å². The third kappa shape index (κ3) is 3.35. The van der Waals surface area contributed by atoms with Crippen molar-refractivity contribution >= 4 is 11.9 Å². The van der Waals surface area contributed by atoms with Crippen LogP contribution in [0.4, 0.5) is 0 Å². The number of carboxylic acids is 1. The molecule has 2 N–H and O–H groups in total. The van der Waals surface area contributed by atoms with Crippen molar-refractivity contribution in [2.24, 2.45) is 11.8 Å². The number of rotatable bonds is 4. The van der Waals surface area contributed by atoms with E-state index in [2.05, 4.69) is 10.3 Å². The molecule has 5 nitrogen and oxygen atoms in total. The van der Waals surface area contributed by atoms with Gasteiger partial charge in [-0.1, -0.05) is 18.9 Å². The van der Waals surface area contributed by atoms with Gasteiger partial charge >= 0.3 is 5.97 Å². The first-order valence-corrected chi connectivity index (χ1v) is 7.02. The molecule has 0 saturated heterocycles. The molecule has 1 amide bonds. The zero-order valence-electron chi connectivity index (χ0n) is 11.6. The van der Waals surface area contributed by atoms with Crippen molar-refractivity contribution in [3.63, 3.8) is 0 Å². The molecule has 3 atom stereocenters. The quantitative estimate of drug-likeness (QED) is 0.883. The Balaban J connectivity index is 2.01. The van der Waals surface area contributed by atoms with E-state index in [-0.39, 0.29) is 11.9 Å². The third-order valence-corrected chi connectivity index (χ3v) is 3.96. The van der Waals surface area contributed by atoms with Gasteiger partial charge in [0.2, 0.25) is 5.91 Å². The minimum atomic E-state index is -0.862. The second-order valence-corrected chi connectivity index (χ2v) is 5.35. The largest absolute Gasteiger partial charge is 0.481 e. The van der Waals surface area contributed by atoms with Crippen LogP contribution in [-0.2, 0) is 9.59 Å². The number of nitrogens with one attached hydrogen (secondary N) is 1. The van der Waals surface area contributed by atoms with Crippen LogP contribution in [0.25, 0.3) is 0 Å². The van der Waals surface area contributed by atoms with Gasteiger partial charge < -0.3 is 10.4 Å². The van der Waals surface area contributed by atoms with E-state index in [0.29, 0.717) is 12.8 Å². The van der Waals surface area contributed by atoms with Gasteiger partial charge in [0.15, 0.2) is 0 Å². The molecule has 2 rings (SSSR count). The van der Waals surface area contributed by atoms with Gasteiger partial charge in [-0.3, -0.25) is 14.6 Å². The molecule has 1 saturated carbocycles. The van der Waals surface area contributed by atoms with Crippen molar-refractivity contribution in [3.8, 4) is 0 Å². The van der Waals surface area contributed by atoms with Crippen molar-refractivity contribution in [3.05, 3.63) is 30.1 Å².